The molecule has 1 atom stereocenters. The van der Waals surface area contributed by atoms with Gasteiger partial charge in [-0.05, 0) is 0 Å². The molecule has 1 unspecified atom stereocenters. The third-order valence-corrected chi connectivity index (χ3v) is 0.446. The van der Waals surface area contributed by atoms with Crippen LogP contribution in [0, 0.1) is 0 Å². The van der Waals surface area contributed by atoms with Crippen LogP contribution in [0.15, 0.2) is 0 Å². The van der Waals surface area contributed by atoms with Gasteiger partial charge in [-0.15, -0.1) is 0 Å². The molecule has 0 saturated heterocycles. The van der Waals surface area contributed by atoms with E-state index in [1.54, 1.807) is 0 Å². The van der Waals surface area contributed by atoms with E-state index in [4.69, 9.17) is 15.9 Å². The van der Waals surface area contributed by atoms with Crippen LogP contribution in [0.25, 0.3) is 0 Å². The molecule has 0 saturated carbocycles. The molecule has 0 bridgehead atoms. The van der Waals surface area contributed by atoms with Crippen molar-refractivity contribution in [1.82, 2.24) is 5.73 Å². The zero-order valence-electron chi connectivity index (χ0n) is 3.39. The minimum Gasteiger partial charge on any atom is -0.394 e. The lowest BCUT2D eigenvalue weighted by molar-refractivity contribution is 0.101. The predicted octanol–water partition coefficient (Wildman–Crippen LogP) is -1.38. The Bertz CT molecular complexity index is 28.0. The van der Waals surface area contributed by atoms with Gasteiger partial charge in [0, 0.05) is 6.54 Å². The maximum Gasteiger partial charge on any atom is 0.0908 e. The van der Waals surface area contributed by atoms with Gasteiger partial charge in [0.05, 0.1) is 12.7 Å². The van der Waals surface area contributed by atoms with E-state index in [1.165, 1.54) is 0 Å². The van der Waals surface area contributed by atoms with Crippen LogP contribution in [0.5, 0.6) is 0 Å². The van der Waals surface area contributed by atoms with Crippen molar-refractivity contribution >= 4 is 0 Å². The Balaban J connectivity index is 2.75. The fourth-order valence-electron chi connectivity index (χ4n) is 0.0645. The van der Waals surface area contributed by atoms with E-state index >= 15 is 0 Å². The Morgan fingerprint density at radius 2 is 2.17 bits per heavy atom. The molecule has 0 fully saturated rings. The maximum absolute atomic E-state index is 8.23. The Hall–Kier alpha value is -0.120. The summed E-state index contributed by atoms with van der Waals surface area (Å²) >= 11 is 0. The number of hydrogen-bond donors (Lipinski definition) is 2. The molecular weight excluding hydrogens is 82.0 g/mol. The monoisotopic (exact) mass is 90.1 g/mol. The predicted molar refractivity (Wildman–Crippen MR) is 21.1 cm³/mol. The molecular formula is C3H8NO2. The fraction of sp³-hybridized carbons (Fsp3) is 1.00. The van der Waals surface area contributed by atoms with Gasteiger partial charge in [0.15, 0.2) is 0 Å². The van der Waals surface area contributed by atoms with Gasteiger partial charge in [-0.3, -0.25) is 5.73 Å². The minimum atomic E-state index is -0.843. The molecule has 0 rings (SSSR count). The molecule has 3 heteroatoms. The summed E-state index contributed by atoms with van der Waals surface area (Å²) < 4.78 is 0. The van der Waals surface area contributed by atoms with E-state index in [-0.39, 0.29) is 13.2 Å². The standard InChI is InChI=1S/C3H8NO2/c4-1-3(6)2-5/h3-6H,1-2H2. The zero-order chi connectivity index (χ0) is 4.99. The topological polar surface area (TPSA) is 64.3 Å². The highest BCUT2D eigenvalue weighted by Gasteiger charge is 1.93. The number of rotatable bonds is 2. The van der Waals surface area contributed by atoms with Crippen LogP contribution in [0.3, 0.4) is 0 Å². The van der Waals surface area contributed by atoms with Crippen molar-refractivity contribution in [1.29, 1.82) is 0 Å². The van der Waals surface area contributed by atoms with Crippen LogP contribution in [0.2, 0.25) is 0 Å². The van der Waals surface area contributed by atoms with Gasteiger partial charge >= 0.3 is 0 Å². The van der Waals surface area contributed by atoms with Crippen LogP contribution in [-0.4, -0.2) is 29.5 Å². The molecule has 6 heavy (non-hydrogen) atoms. The zero-order valence-corrected chi connectivity index (χ0v) is 3.39. The Kier molecular flexibility index (Phi) is 3.02. The summed E-state index contributed by atoms with van der Waals surface area (Å²) in [7, 11) is 0. The van der Waals surface area contributed by atoms with Crippen LogP contribution in [0.4, 0.5) is 0 Å². The fourth-order valence-corrected chi connectivity index (χ4v) is 0.0645. The SMILES string of the molecule is [NH]CC(O)CO. The van der Waals surface area contributed by atoms with Gasteiger partial charge in [-0.25, -0.2) is 0 Å². The van der Waals surface area contributed by atoms with E-state index in [0.717, 1.165) is 0 Å². The molecule has 3 nitrogen and oxygen atoms in total. The third-order valence-electron chi connectivity index (χ3n) is 0.446. The lowest BCUT2D eigenvalue weighted by Gasteiger charge is -1.96. The number of hydrogen-bond acceptors (Lipinski definition) is 2. The Labute approximate surface area is 36.4 Å². The molecule has 0 aromatic rings. The number of nitrogens with one attached hydrogen (secondary N) is 1. The summed E-state index contributed by atoms with van der Waals surface area (Å²) in [6.07, 6.45) is -0.843. The highest BCUT2D eigenvalue weighted by Crippen LogP contribution is 1.70. The van der Waals surface area contributed by atoms with E-state index in [1.807, 2.05) is 0 Å². The normalized spacial score (nSPS) is 14.5. The number of aliphatic hydroxyl groups is 2. The molecule has 0 amide bonds. The van der Waals surface area contributed by atoms with Gasteiger partial charge in [0.25, 0.3) is 0 Å². The van der Waals surface area contributed by atoms with Gasteiger partial charge in [-0.1, -0.05) is 0 Å². The van der Waals surface area contributed by atoms with Crippen molar-refractivity contribution in [3.05, 3.63) is 0 Å². The van der Waals surface area contributed by atoms with Crippen molar-refractivity contribution in [2.75, 3.05) is 13.2 Å². The first-order valence-corrected chi connectivity index (χ1v) is 1.74. The van der Waals surface area contributed by atoms with Crippen LogP contribution in [0.1, 0.15) is 0 Å². The Morgan fingerprint density at radius 1 is 1.67 bits per heavy atom. The molecule has 0 aliphatic heterocycles. The first kappa shape index (κ1) is 5.88. The lowest BCUT2D eigenvalue weighted by Crippen LogP contribution is -2.17. The molecule has 3 N–H and O–H groups in total. The molecule has 0 heterocycles. The van der Waals surface area contributed by atoms with Crippen LogP contribution < -0.4 is 5.73 Å². The van der Waals surface area contributed by atoms with Gasteiger partial charge in [0.2, 0.25) is 0 Å². The van der Waals surface area contributed by atoms with Gasteiger partial charge < -0.3 is 10.2 Å². The van der Waals surface area contributed by atoms with Crippen molar-refractivity contribution in [2.45, 2.75) is 6.10 Å². The minimum absolute atomic E-state index is 0.115. The summed E-state index contributed by atoms with van der Waals surface area (Å²) in [4.78, 5) is 0. The highest BCUT2D eigenvalue weighted by atomic mass is 16.3. The second-order valence-electron chi connectivity index (χ2n) is 1.04. The first-order chi connectivity index (χ1) is 2.81. The summed E-state index contributed by atoms with van der Waals surface area (Å²) in [5.41, 5.74) is 6.40. The van der Waals surface area contributed by atoms with E-state index in [9.17, 15) is 0 Å². The summed E-state index contributed by atoms with van der Waals surface area (Å²) in [6, 6.07) is 0. The van der Waals surface area contributed by atoms with E-state index in [0.29, 0.717) is 0 Å². The van der Waals surface area contributed by atoms with Crippen LogP contribution >= 0.6 is 0 Å². The van der Waals surface area contributed by atoms with Gasteiger partial charge in [-0.2, -0.15) is 0 Å². The maximum atomic E-state index is 8.23. The molecule has 0 aromatic carbocycles. The second kappa shape index (κ2) is 3.08. The molecule has 0 aromatic heterocycles. The largest absolute Gasteiger partial charge is 0.394 e. The van der Waals surface area contributed by atoms with Crippen molar-refractivity contribution < 1.29 is 10.2 Å². The third kappa shape index (κ3) is 2.14. The summed E-state index contributed by atoms with van der Waals surface area (Å²) in [6.45, 7) is -0.417. The molecule has 1 radical (unpaired) electrons. The molecule has 37 valence electrons. The highest BCUT2D eigenvalue weighted by molar-refractivity contribution is 4.47. The first-order valence-electron chi connectivity index (χ1n) is 1.74. The second-order valence-corrected chi connectivity index (χ2v) is 1.04. The van der Waals surface area contributed by atoms with Crippen molar-refractivity contribution in [3.8, 4) is 0 Å². The lowest BCUT2D eigenvalue weighted by atomic mass is 10.4. The summed E-state index contributed by atoms with van der Waals surface area (Å²) in [5.74, 6) is 0. The van der Waals surface area contributed by atoms with Gasteiger partial charge in [0.1, 0.15) is 0 Å². The molecule has 0 aliphatic rings. The average Bonchev–Trinajstić information content (AvgIpc) is 1.65. The smallest absolute Gasteiger partial charge is 0.0908 e. The molecule has 0 spiro atoms. The quantitative estimate of drug-likeness (QED) is 0.439. The molecule has 0 aliphatic carbocycles. The average molecular weight is 90.1 g/mol. The van der Waals surface area contributed by atoms with Crippen molar-refractivity contribution in [2.24, 2.45) is 0 Å². The van der Waals surface area contributed by atoms with E-state index < -0.39 is 6.10 Å². The summed E-state index contributed by atoms with van der Waals surface area (Å²) in [5, 5.41) is 16.2. The van der Waals surface area contributed by atoms with E-state index in [2.05, 4.69) is 0 Å². The van der Waals surface area contributed by atoms with Crippen LogP contribution in [-0.2, 0) is 0 Å². The Morgan fingerprint density at radius 3 is 2.17 bits per heavy atom. The van der Waals surface area contributed by atoms with Crippen molar-refractivity contribution in [3.63, 3.8) is 0 Å². The number of aliphatic hydroxyl groups excluding tert-OH is 2.